The Balaban J connectivity index is 2.66. The molecule has 0 radical (unpaired) electrons. The molecule has 4 heteroatoms. The van der Waals surface area contributed by atoms with E-state index in [0.717, 1.165) is 40.6 Å². The highest BCUT2D eigenvalue weighted by Gasteiger charge is 2.16. The van der Waals surface area contributed by atoms with Gasteiger partial charge in [0, 0.05) is 17.8 Å². The highest BCUT2D eigenvalue weighted by atomic mass is 15.3. The number of aryl methyl sites for hydroxylation is 4. The van der Waals surface area contributed by atoms with E-state index in [0.29, 0.717) is 0 Å². The van der Waals surface area contributed by atoms with Gasteiger partial charge < -0.3 is 5.73 Å². The minimum Gasteiger partial charge on any atom is -0.384 e. The SMILES string of the molecule is CCn1nc(-c2nc(C)c(C)cc2C)c(C)c1N. The van der Waals surface area contributed by atoms with Crippen molar-refractivity contribution >= 4 is 5.82 Å². The molecule has 0 bridgehead atoms. The topological polar surface area (TPSA) is 56.7 Å². The average Bonchev–Trinajstić information content (AvgIpc) is 2.61. The zero-order chi connectivity index (χ0) is 13.4. The number of rotatable bonds is 2. The molecule has 0 unspecified atom stereocenters. The zero-order valence-corrected chi connectivity index (χ0v) is 11.7. The van der Waals surface area contributed by atoms with Gasteiger partial charge in [0.15, 0.2) is 0 Å². The number of nitrogen functional groups attached to an aromatic ring is 1. The van der Waals surface area contributed by atoms with Crippen molar-refractivity contribution in [1.29, 1.82) is 0 Å². The van der Waals surface area contributed by atoms with Crippen LogP contribution in [0.25, 0.3) is 11.4 Å². The monoisotopic (exact) mass is 244 g/mol. The van der Waals surface area contributed by atoms with Crippen LogP contribution in [-0.4, -0.2) is 14.8 Å². The van der Waals surface area contributed by atoms with E-state index in [1.54, 1.807) is 0 Å². The summed E-state index contributed by atoms with van der Waals surface area (Å²) in [4.78, 5) is 4.66. The molecule has 0 aliphatic rings. The van der Waals surface area contributed by atoms with Gasteiger partial charge >= 0.3 is 0 Å². The maximum absolute atomic E-state index is 6.04. The number of hydrogen-bond donors (Lipinski definition) is 1. The quantitative estimate of drug-likeness (QED) is 0.883. The zero-order valence-electron chi connectivity index (χ0n) is 11.7. The van der Waals surface area contributed by atoms with Crippen LogP contribution < -0.4 is 5.73 Å². The van der Waals surface area contributed by atoms with Crippen molar-refractivity contribution in [2.75, 3.05) is 5.73 Å². The summed E-state index contributed by atoms with van der Waals surface area (Å²) in [5.41, 5.74) is 12.3. The summed E-state index contributed by atoms with van der Waals surface area (Å²) in [6, 6.07) is 2.15. The number of nitrogens with two attached hydrogens (primary N) is 1. The molecular weight excluding hydrogens is 224 g/mol. The van der Waals surface area contributed by atoms with Crippen molar-refractivity contribution < 1.29 is 0 Å². The molecule has 4 nitrogen and oxygen atoms in total. The molecule has 0 saturated carbocycles. The molecule has 2 N–H and O–H groups in total. The predicted octanol–water partition coefficient (Wildman–Crippen LogP) is 2.78. The maximum Gasteiger partial charge on any atom is 0.125 e. The van der Waals surface area contributed by atoms with Gasteiger partial charge in [0.25, 0.3) is 0 Å². The summed E-state index contributed by atoms with van der Waals surface area (Å²) in [6.07, 6.45) is 0. The van der Waals surface area contributed by atoms with Crippen LogP contribution in [0.3, 0.4) is 0 Å². The Labute approximate surface area is 108 Å². The molecule has 0 aliphatic heterocycles. The Kier molecular flexibility index (Phi) is 3.11. The van der Waals surface area contributed by atoms with E-state index < -0.39 is 0 Å². The molecule has 18 heavy (non-hydrogen) atoms. The van der Waals surface area contributed by atoms with E-state index in [9.17, 15) is 0 Å². The molecule has 0 amide bonds. The Morgan fingerprint density at radius 3 is 2.33 bits per heavy atom. The summed E-state index contributed by atoms with van der Waals surface area (Å²) >= 11 is 0. The second-order valence-corrected chi connectivity index (χ2v) is 4.73. The van der Waals surface area contributed by atoms with E-state index >= 15 is 0 Å². The highest BCUT2D eigenvalue weighted by Crippen LogP contribution is 2.28. The van der Waals surface area contributed by atoms with Gasteiger partial charge in [-0.2, -0.15) is 5.10 Å². The maximum atomic E-state index is 6.04. The number of aromatic nitrogens is 3. The molecule has 96 valence electrons. The van der Waals surface area contributed by atoms with E-state index in [2.05, 4.69) is 30.0 Å². The van der Waals surface area contributed by atoms with Crippen LogP contribution in [0.4, 0.5) is 5.82 Å². The molecule has 0 saturated heterocycles. The lowest BCUT2D eigenvalue weighted by Gasteiger charge is -2.07. The van der Waals surface area contributed by atoms with Crippen LogP contribution in [0.5, 0.6) is 0 Å². The summed E-state index contributed by atoms with van der Waals surface area (Å²) in [6.45, 7) is 11.0. The van der Waals surface area contributed by atoms with Crippen LogP contribution in [0.15, 0.2) is 6.07 Å². The third kappa shape index (κ3) is 1.88. The van der Waals surface area contributed by atoms with Crippen LogP contribution in [0.1, 0.15) is 29.3 Å². The number of pyridine rings is 1. The van der Waals surface area contributed by atoms with Gasteiger partial charge in [-0.3, -0.25) is 4.98 Å². The molecule has 0 atom stereocenters. The Morgan fingerprint density at radius 2 is 1.78 bits per heavy atom. The van der Waals surface area contributed by atoms with Gasteiger partial charge in [0.05, 0.1) is 5.69 Å². The fraction of sp³-hybridized carbons (Fsp3) is 0.429. The van der Waals surface area contributed by atoms with Crippen molar-refractivity contribution in [1.82, 2.24) is 14.8 Å². The number of nitrogens with zero attached hydrogens (tertiary/aromatic N) is 3. The van der Waals surface area contributed by atoms with Crippen molar-refractivity contribution in [3.63, 3.8) is 0 Å². The fourth-order valence-electron chi connectivity index (χ4n) is 2.11. The molecule has 0 aromatic carbocycles. The first-order valence-corrected chi connectivity index (χ1v) is 6.23. The minimum absolute atomic E-state index is 0.729. The van der Waals surface area contributed by atoms with Crippen molar-refractivity contribution in [2.45, 2.75) is 41.2 Å². The summed E-state index contributed by atoms with van der Waals surface area (Å²) in [5.74, 6) is 0.729. The lowest BCUT2D eigenvalue weighted by Crippen LogP contribution is -2.02. The Morgan fingerprint density at radius 1 is 1.11 bits per heavy atom. The molecule has 2 aromatic heterocycles. The van der Waals surface area contributed by atoms with Crippen molar-refractivity contribution in [2.24, 2.45) is 0 Å². The lowest BCUT2D eigenvalue weighted by atomic mass is 10.1. The predicted molar refractivity (Wildman–Crippen MR) is 74.5 cm³/mol. The third-order valence-corrected chi connectivity index (χ3v) is 3.42. The molecule has 0 aliphatic carbocycles. The molecule has 2 aromatic rings. The largest absolute Gasteiger partial charge is 0.384 e. The van der Waals surface area contributed by atoms with Gasteiger partial charge in [-0.25, -0.2) is 4.68 Å². The highest BCUT2D eigenvalue weighted by molar-refractivity contribution is 5.68. The standard InChI is InChI=1S/C14H20N4/c1-6-18-14(15)10(4)13(17-18)12-9(3)7-8(2)11(5)16-12/h7H,6,15H2,1-5H3. The van der Waals surface area contributed by atoms with Gasteiger partial charge in [-0.15, -0.1) is 0 Å². The van der Waals surface area contributed by atoms with Crippen molar-refractivity contribution in [3.05, 3.63) is 28.5 Å². The summed E-state index contributed by atoms with van der Waals surface area (Å²) in [5, 5.41) is 4.56. The summed E-state index contributed by atoms with van der Waals surface area (Å²) in [7, 11) is 0. The second kappa shape index (κ2) is 4.44. The number of anilines is 1. The van der Waals surface area contributed by atoms with E-state index in [1.807, 2.05) is 25.5 Å². The average molecular weight is 244 g/mol. The van der Waals surface area contributed by atoms with Gasteiger partial charge in [0.2, 0.25) is 0 Å². The second-order valence-electron chi connectivity index (χ2n) is 4.73. The number of hydrogen-bond acceptors (Lipinski definition) is 3. The van der Waals surface area contributed by atoms with Gasteiger partial charge in [0.1, 0.15) is 11.5 Å². The van der Waals surface area contributed by atoms with Gasteiger partial charge in [-0.1, -0.05) is 6.07 Å². The first-order chi connectivity index (χ1) is 8.45. The molecule has 2 heterocycles. The van der Waals surface area contributed by atoms with Gasteiger partial charge in [-0.05, 0) is 45.7 Å². The summed E-state index contributed by atoms with van der Waals surface area (Å²) < 4.78 is 1.82. The van der Waals surface area contributed by atoms with Crippen LogP contribution in [-0.2, 0) is 6.54 Å². The fourth-order valence-corrected chi connectivity index (χ4v) is 2.11. The van der Waals surface area contributed by atoms with Crippen molar-refractivity contribution in [3.8, 4) is 11.4 Å². The Hall–Kier alpha value is -1.84. The van der Waals surface area contributed by atoms with E-state index in [4.69, 9.17) is 5.73 Å². The molecule has 0 fully saturated rings. The lowest BCUT2D eigenvalue weighted by molar-refractivity contribution is 0.671. The van der Waals surface area contributed by atoms with Crippen LogP contribution in [0, 0.1) is 27.7 Å². The Bertz CT molecular complexity index is 596. The normalized spacial score (nSPS) is 10.9. The smallest absolute Gasteiger partial charge is 0.125 e. The molecular formula is C14H20N4. The van der Waals surface area contributed by atoms with Crippen LogP contribution >= 0.6 is 0 Å². The van der Waals surface area contributed by atoms with Crippen LogP contribution in [0.2, 0.25) is 0 Å². The first-order valence-electron chi connectivity index (χ1n) is 6.23. The van der Waals surface area contributed by atoms with E-state index in [1.165, 1.54) is 5.56 Å². The molecule has 0 spiro atoms. The molecule has 2 rings (SSSR count). The minimum atomic E-state index is 0.729. The first kappa shape index (κ1) is 12.6. The van der Waals surface area contributed by atoms with E-state index in [-0.39, 0.29) is 0 Å². The third-order valence-electron chi connectivity index (χ3n) is 3.42.